The molecule has 2 aliphatic heterocycles. The molecule has 2 fully saturated rings. The van der Waals surface area contributed by atoms with E-state index in [1.54, 1.807) is 32.4 Å². The van der Waals surface area contributed by atoms with Crippen molar-refractivity contribution < 1.29 is 23.5 Å². The zero-order chi connectivity index (χ0) is 20.2. The van der Waals surface area contributed by atoms with Crippen molar-refractivity contribution in [3.63, 3.8) is 0 Å². The van der Waals surface area contributed by atoms with E-state index in [0.29, 0.717) is 42.0 Å². The molecule has 2 saturated heterocycles. The van der Waals surface area contributed by atoms with E-state index in [4.69, 9.17) is 18.7 Å². The van der Waals surface area contributed by atoms with Gasteiger partial charge in [0.05, 0.1) is 20.1 Å². The minimum Gasteiger partial charge on any atom is -0.493 e. The number of carbonyl (C=O) groups excluding carboxylic acids is 1. The van der Waals surface area contributed by atoms with Crippen molar-refractivity contribution in [2.24, 2.45) is 0 Å². The maximum atomic E-state index is 13.0. The molecule has 1 atom stereocenters. The van der Waals surface area contributed by atoms with Crippen LogP contribution in [-0.4, -0.2) is 61.5 Å². The summed E-state index contributed by atoms with van der Waals surface area (Å²) in [6.45, 7) is 2.77. The van der Waals surface area contributed by atoms with Crippen molar-refractivity contribution in [2.45, 2.75) is 37.5 Å². The van der Waals surface area contributed by atoms with Gasteiger partial charge in [-0.2, -0.15) is 4.98 Å². The van der Waals surface area contributed by atoms with Gasteiger partial charge in [0, 0.05) is 37.8 Å². The third-order valence-corrected chi connectivity index (χ3v) is 5.73. The maximum absolute atomic E-state index is 13.0. The van der Waals surface area contributed by atoms with E-state index in [2.05, 4.69) is 10.1 Å². The molecule has 2 aromatic rings. The molecular formula is C21H27N3O5. The highest BCUT2D eigenvalue weighted by Crippen LogP contribution is 2.32. The normalized spacial score (nSPS) is 20.5. The van der Waals surface area contributed by atoms with Crippen LogP contribution in [-0.2, 0) is 4.74 Å². The quantitative estimate of drug-likeness (QED) is 0.761. The Kier molecular flexibility index (Phi) is 5.99. The Morgan fingerprint density at radius 1 is 1.10 bits per heavy atom. The Morgan fingerprint density at radius 2 is 1.90 bits per heavy atom. The van der Waals surface area contributed by atoms with Gasteiger partial charge in [-0.25, -0.2) is 0 Å². The first-order valence-corrected chi connectivity index (χ1v) is 10.1. The lowest BCUT2D eigenvalue weighted by Crippen LogP contribution is -2.39. The number of nitrogens with zero attached hydrogens (tertiary/aromatic N) is 3. The van der Waals surface area contributed by atoms with E-state index in [1.165, 1.54) is 0 Å². The Labute approximate surface area is 170 Å². The summed E-state index contributed by atoms with van der Waals surface area (Å²) < 4.78 is 21.6. The molecule has 0 saturated carbocycles. The average molecular weight is 401 g/mol. The molecular weight excluding hydrogens is 374 g/mol. The SMILES string of the molecule is COc1ccc(C(=O)N2CCCC(c3nc(C4CCOCC4)no3)C2)cc1OC. The summed E-state index contributed by atoms with van der Waals surface area (Å²) in [7, 11) is 3.14. The second-order valence-electron chi connectivity index (χ2n) is 7.54. The molecule has 0 aliphatic carbocycles. The molecule has 8 nitrogen and oxygen atoms in total. The predicted molar refractivity (Wildman–Crippen MR) is 105 cm³/mol. The van der Waals surface area contributed by atoms with Crippen molar-refractivity contribution >= 4 is 5.91 Å². The van der Waals surface area contributed by atoms with Crippen molar-refractivity contribution in [3.05, 3.63) is 35.5 Å². The van der Waals surface area contributed by atoms with Gasteiger partial charge >= 0.3 is 0 Å². The van der Waals surface area contributed by atoms with Gasteiger partial charge in [0.15, 0.2) is 17.3 Å². The smallest absolute Gasteiger partial charge is 0.254 e. The average Bonchev–Trinajstić information content (AvgIpc) is 3.29. The summed E-state index contributed by atoms with van der Waals surface area (Å²) >= 11 is 0. The van der Waals surface area contributed by atoms with Crippen molar-refractivity contribution in [1.29, 1.82) is 0 Å². The summed E-state index contributed by atoms with van der Waals surface area (Å²) in [6, 6.07) is 5.25. The number of likely N-dealkylation sites (tertiary alicyclic amines) is 1. The third-order valence-electron chi connectivity index (χ3n) is 5.73. The van der Waals surface area contributed by atoms with E-state index in [1.807, 2.05) is 4.90 Å². The molecule has 3 heterocycles. The molecule has 156 valence electrons. The number of hydrogen-bond donors (Lipinski definition) is 0. The van der Waals surface area contributed by atoms with Gasteiger partial charge in [-0.05, 0) is 43.9 Å². The fourth-order valence-corrected chi connectivity index (χ4v) is 4.05. The second-order valence-corrected chi connectivity index (χ2v) is 7.54. The maximum Gasteiger partial charge on any atom is 0.254 e. The number of benzene rings is 1. The van der Waals surface area contributed by atoms with Crippen LogP contribution in [0, 0.1) is 0 Å². The van der Waals surface area contributed by atoms with Crippen LogP contribution in [0.25, 0.3) is 0 Å². The first-order chi connectivity index (χ1) is 14.2. The first kappa shape index (κ1) is 19.7. The fraction of sp³-hybridized carbons (Fsp3) is 0.571. The minimum absolute atomic E-state index is 0.0279. The van der Waals surface area contributed by atoms with Gasteiger partial charge in [-0.15, -0.1) is 0 Å². The molecule has 1 aromatic carbocycles. The number of aromatic nitrogens is 2. The molecule has 0 bridgehead atoms. The molecule has 0 radical (unpaired) electrons. The number of hydrogen-bond acceptors (Lipinski definition) is 7. The van der Waals surface area contributed by atoms with Gasteiger partial charge < -0.3 is 23.6 Å². The number of ether oxygens (including phenoxy) is 3. The number of rotatable bonds is 5. The summed E-state index contributed by atoms with van der Waals surface area (Å²) in [5.74, 6) is 2.89. The molecule has 2 aliphatic rings. The van der Waals surface area contributed by atoms with Crippen molar-refractivity contribution in [2.75, 3.05) is 40.5 Å². The van der Waals surface area contributed by atoms with E-state index >= 15 is 0 Å². The Hall–Kier alpha value is -2.61. The summed E-state index contributed by atoms with van der Waals surface area (Å²) in [5.41, 5.74) is 0.580. The molecule has 0 spiro atoms. The Bertz CT molecular complexity index is 847. The second kappa shape index (κ2) is 8.82. The molecule has 8 heteroatoms. The molecule has 0 N–H and O–H groups in total. The molecule has 4 rings (SSSR count). The highest BCUT2D eigenvalue weighted by atomic mass is 16.5. The van der Waals surface area contributed by atoms with Crippen LogP contribution in [0.4, 0.5) is 0 Å². The van der Waals surface area contributed by atoms with Crippen molar-refractivity contribution in [3.8, 4) is 11.5 Å². The molecule has 29 heavy (non-hydrogen) atoms. The van der Waals surface area contributed by atoms with Gasteiger partial charge in [0.1, 0.15) is 0 Å². The minimum atomic E-state index is -0.0279. The summed E-state index contributed by atoms with van der Waals surface area (Å²) in [5, 5.41) is 4.21. The first-order valence-electron chi connectivity index (χ1n) is 10.1. The van der Waals surface area contributed by atoms with Crippen molar-refractivity contribution in [1.82, 2.24) is 15.0 Å². The lowest BCUT2D eigenvalue weighted by Gasteiger charge is -2.31. The topological polar surface area (TPSA) is 86.9 Å². The lowest BCUT2D eigenvalue weighted by atomic mass is 9.96. The van der Waals surface area contributed by atoms with E-state index in [9.17, 15) is 4.79 Å². The number of carbonyl (C=O) groups is 1. The summed E-state index contributed by atoms with van der Waals surface area (Å²) in [6.07, 6.45) is 3.69. The largest absolute Gasteiger partial charge is 0.493 e. The van der Waals surface area contributed by atoms with Crippen LogP contribution < -0.4 is 9.47 Å². The van der Waals surface area contributed by atoms with Crippen LogP contribution in [0.3, 0.4) is 0 Å². The highest BCUT2D eigenvalue weighted by molar-refractivity contribution is 5.95. The van der Waals surface area contributed by atoms with Gasteiger partial charge in [-0.3, -0.25) is 4.79 Å². The zero-order valence-corrected chi connectivity index (χ0v) is 16.9. The zero-order valence-electron chi connectivity index (χ0n) is 16.9. The standard InChI is InChI=1S/C21H27N3O5/c1-26-17-6-5-15(12-18(17)27-2)21(25)24-9-3-4-16(13-24)20-22-19(23-29-20)14-7-10-28-11-8-14/h5-6,12,14,16H,3-4,7-11,13H2,1-2H3. The van der Waals surface area contributed by atoms with Crippen LogP contribution in [0.5, 0.6) is 11.5 Å². The van der Waals surface area contributed by atoms with Gasteiger partial charge in [-0.1, -0.05) is 5.16 Å². The van der Waals surface area contributed by atoms with E-state index in [0.717, 1.165) is 44.7 Å². The molecule has 1 unspecified atom stereocenters. The van der Waals surface area contributed by atoms with Crippen LogP contribution in [0.2, 0.25) is 0 Å². The predicted octanol–water partition coefficient (Wildman–Crippen LogP) is 3.00. The fourth-order valence-electron chi connectivity index (χ4n) is 4.05. The number of amides is 1. The third kappa shape index (κ3) is 4.22. The van der Waals surface area contributed by atoms with E-state index < -0.39 is 0 Å². The lowest BCUT2D eigenvalue weighted by molar-refractivity contribution is 0.0695. The number of piperidine rings is 1. The Morgan fingerprint density at radius 3 is 2.66 bits per heavy atom. The van der Waals surface area contributed by atoms with Crippen LogP contribution in [0.15, 0.2) is 22.7 Å². The van der Waals surface area contributed by atoms with Crippen LogP contribution >= 0.6 is 0 Å². The molecule has 1 amide bonds. The highest BCUT2D eigenvalue weighted by Gasteiger charge is 2.30. The number of methoxy groups -OCH3 is 2. The van der Waals surface area contributed by atoms with Gasteiger partial charge in [0.2, 0.25) is 5.89 Å². The summed E-state index contributed by atoms with van der Waals surface area (Å²) in [4.78, 5) is 19.6. The molecule has 1 aromatic heterocycles. The monoisotopic (exact) mass is 401 g/mol. The Balaban J connectivity index is 1.45. The van der Waals surface area contributed by atoms with E-state index in [-0.39, 0.29) is 11.8 Å². The van der Waals surface area contributed by atoms with Gasteiger partial charge in [0.25, 0.3) is 5.91 Å². The van der Waals surface area contributed by atoms with Crippen LogP contribution in [0.1, 0.15) is 59.6 Å².